The summed E-state index contributed by atoms with van der Waals surface area (Å²) < 4.78 is 4.64. The average Bonchev–Trinajstić information content (AvgIpc) is 2.70. The largest absolute Gasteiger partial charge is 0.478 e. The number of carbonyl (C=O) groups is 2. The maximum absolute atomic E-state index is 11.4. The van der Waals surface area contributed by atoms with Gasteiger partial charge in [0.05, 0.1) is 18.4 Å². The third kappa shape index (κ3) is 1.60. The van der Waals surface area contributed by atoms with E-state index in [0.29, 0.717) is 13.0 Å². The highest BCUT2D eigenvalue weighted by Crippen LogP contribution is 2.29. The number of carboxylic acids is 1. The number of fused-ring (bicyclic) bond motifs is 1. The fourth-order valence-corrected chi connectivity index (χ4v) is 1.83. The molecule has 0 atom stereocenters. The van der Waals surface area contributed by atoms with E-state index in [4.69, 9.17) is 5.11 Å². The van der Waals surface area contributed by atoms with Gasteiger partial charge in [0.2, 0.25) is 0 Å². The number of ether oxygens (including phenoxy) is 1. The second-order valence-electron chi connectivity index (χ2n) is 3.52. The molecule has 16 heavy (non-hydrogen) atoms. The summed E-state index contributed by atoms with van der Waals surface area (Å²) in [5.41, 5.74) is 1.84. The Kier molecular flexibility index (Phi) is 2.52. The monoisotopic (exact) mass is 221 g/mol. The van der Waals surface area contributed by atoms with E-state index in [0.717, 1.165) is 11.3 Å². The summed E-state index contributed by atoms with van der Waals surface area (Å²) in [5.74, 6) is -0.959. The fourth-order valence-electron chi connectivity index (χ4n) is 1.83. The number of methoxy groups -OCH3 is 1. The number of carbonyl (C=O) groups excluding carboxylic acids is 1. The van der Waals surface area contributed by atoms with Gasteiger partial charge in [-0.05, 0) is 30.2 Å². The Morgan fingerprint density at radius 3 is 2.81 bits per heavy atom. The van der Waals surface area contributed by atoms with Crippen molar-refractivity contribution >= 4 is 17.7 Å². The van der Waals surface area contributed by atoms with Crippen molar-refractivity contribution in [1.82, 2.24) is 0 Å². The van der Waals surface area contributed by atoms with Crippen molar-refractivity contribution < 1.29 is 19.4 Å². The number of amides is 1. The van der Waals surface area contributed by atoms with Gasteiger partial charge in [-0.15, -0.1) is 0 Å². The van der Waals surface area contributed by atoms with Crippen LogP contribution in [0.25, 0.3) is 0 Å². The molecule has 2 rings (SSSR count). The lowest BCUT2D eigenvalue weighted by atomic mass is 10.1. The third-order valence-electron chi connectivity index (χ3n) is 2.62. The van der Waals surface area contributed by atoms with Gasteiger partial charge in [0, 0.05) is 6.54 Å². The average molecular weight is 221 g/mol. The zero-order chi connectivity index (χ0) is 11.7. The summed E-state index contributed by atoms with van der Waals surface area (Å²) in [6.07, 6.45) is 0.243. The van der Waals surface area contributed by atoms with Crippen molar-refractivity contribution in [2.24, 2.45) is 0 Å². The van der Waals surface area contributed by atoms with E-state index in [2.05, 4.69) is 4.74 Å². The molecule has 0 saturated heterocycles. The summed E-state index contributed by atoms with van der Waals surface area (Å²) >= 11 is 0. The molecule has 1 aliphatic heterocycles. The van der Waals surface area contributed by atoms with Crippen LogP contribution in [-0.4, -0.2) is 30.8 Å². The number of benzene rings is 1. The minimum absolute atomic E-state index is 0.241. The predicted molar refractivity (Wildman–Crippen MR) is 56.9 cm³/mol. The van der Waals surface area contributed by atoms with Crippen LogP contribution in [-0.2, 0) is 11.2 Å². The van der Waals surface area contributed by atoms with Crippen molar-refractivity contribution in [3.63, 3.8) is 0 Å². The van der Waals surface area contributed by atoms with Gasteiger partial charge in [-0.25, -0.2) is 9.59 Å². The highest BCUT2D eigenvalue weighted by molar-refractivity contribution is 5.93. The second kappa shape index (κ2) is 3.84. The predicted octanol–water partition coefficient (Wildman–Crippen LogP) is 1.51. The van der Waals surface area contributed by atoms with Gasteiger partial charge in [-0.1, -0.05) is 0 Å². The van der Waals surface area contributed by atoms with E-state index >= 15 is 0 Å². The molecule has 5 heteroatoms. The van der Waals surface area contributed by atoms with Crippen LogP contribution in [0.15, 0.2) is 18.2 Å². The normalized spacial score (nSPS) is 13.4. The van der Waals surface area contributed by atoms with Gasteiger partial charge < -0.3 is 9.84 Å². The van der Waals surface area contributed by atoms with E-state index in [1.165, 1.54) is 18.1 Å². The summed E-state index contributed by atoms with van der Waals surface area (Å²) in [4.78, 5) is 23.7. The smallest absolute Gasteiger partial charge is 0.414 e. The van der Waals surface area contributed by atoms with Gasteiger partial charge in [-0.2, -0.15) is 0 Å². The Bertz CT molecular complexity index is 455. The molecule has 0 aliphatic carbocycles. The molecule has 1 aliphatic rings. The minimum atomic E-state index is -0.959. The van der Waals surface area contributed by atoms with E-state index in [9.17, 15) is 9.59 Å². The Balaban J connectivity index is 2.36. The zero-order valence-corrected chi connectivity index (χ0v) is 8.77. The first-order valence-electron chi connectivity index (χ1n) is 4.85. The molecule has 5 nitrogen and oxygen atoms in total. The van der Waals surface area contributed by atoms with Crippen LogP contribution >= 0.6 is 0 Å². The molecule has 0 radical (unpaired) electrons. The number of carboxylic acid groups (broad SMARTS) is 1. The molecule has 1 amide bonds. The SMILES string of the molecule is COC(=O)N1CCc2cc(C(=O)O)ccc21. The van der Waals surface area contributed by atoms with E-state index in [-0.39, 0.29) is 5.56 Å². The van der Waals surface area contributed by atoms with Crippen LogP contribution in [0, 0.1) is 0 Å². The molecular formula is C11H11NO4. The van der Waals surface area contributed by atoms with Crippen molar-refractivity contribution in [2.45, 2.75) is 6.42 Å². The highest BCUT2D eigenvalue weighted by atomic mass is 16.5. The Morgan fingerprint density at radius 1 is 1.44 bits per heavy atom. The summed E-state index contributed by atoms with van der Waals surface area (Å²) in [6.45, 7) is 0.533. The maximum Gasteiger partial charge on any atom is 0.414 e. The number of aromatic carboxylic acids is 1. The Morgan fingerprint density at radius 2 is 2.19 bits per heavy atom. The molecule has 1 aromatic rings. The van der Waals surface area contributed by atoms with Crippen molar-refractivity contribution in [2.75, 3.05) is 18.6 Å². The molecule has 0 bridgehead atoms. The van der Waals surface area contributed by atoms with Crippen LogP contribution in [0.1, 0.15) is 15.9 Å². The number of rotatable bonds is 1. The van der Waals surface area contributed by atoms with Gasteiger partial charge in [0.1, 0.15) is 0 Å². The van der Waals surface area contributed by atoms with Crippen LogP contribution in [0.4, 0.5) is 10.5 Å². The first-order chi connectivity index (χ1) is 7.63. The topological polar surface area (TPSA) is 66.8 Å². The number of hydrogen-bond donors (Lipinski definition) is 1. The molecule has 0 unspecified atom stereocenters. The third-order valence-corrected chi connectivity index (χ3v) is 2.62. The lowest BCUT2D eigenvalue weighted by molar-refractivity contribution is 0.0697. The summed E-state index contributed by atoms with van der Waals surface area (Å²) in [5, 5.41) is 8.83. The van der Waals surface area contributed by atoms with Crippen LogP contribution in [0.5, 0.6) is 0 Å². The molecule has 0 fully saturated rings. The van der Waals surface area contributed by atoms with Crippen LogP contribution in [0.2, 0.25) is 0 Å². The van der Waals surface area contributed by atoms with Gasteiger partial charge in [0.25, 0.3) is 0 Å². The Labute approximate surface area is 92.2 Å². The van der Waals surface area contributed by atoms with E-state index in [1.54, 1.807) is 12.1 Å². The Hall–Kier alpha value is -2.04. The van der Waals surface area contributed by atoms with Crippen molar-refractivity contribution in [3.8, 4) is 0 Å². The fraction of sp³-hybridized carbons (Fsp3) is 0.273. The molecule has 0 aromatic heterocycles. The molecule has 1 heterocycles. The number of hydrogen-bond acceptors (Lipinski definition) is 3. The number of nitrogens with zero attached hydrogens (tertiary/aromatic N) is 1. The standard InChI is InChI=1S/C11H11NO4/c1-16-11(15)12-5-4-7-6-8(10(13)14)2-3-9(7)12/h2-3,6H,4-5H2,1H3,(H,13,14). The van der Waals surface area contributed by atoms with Crippen molar-refractivity contribution in [1.29, 1.82) is 0 Å². The molecular weight excluding hydrogens is 210 g/mol. The van der Waals surface area contributed by atoms with Crippen LogP contribution in [0.3, 0.4) is 0 Å². The molecule has 0 saturated carbocycles. The van der Waals surface area contributed by atoms with Gasteiger partial charge in [0.15, 0.2) is 0 Å². The first kappa shape index (κ1) is 10.5. The summed E-state index contributed by atoms with van der Waals surface area (Å²) in [7, 11) is 1.33. The van der Waals surface area contributed by atoms with E-state index < -0.39 is 12.1 Å². The lowest BCUT2D eigenvalue weighted by Crippen LogP contribution is -2.28. The molecule has 0 spiro atoms. The maximum atomic E-state index is 11.4. The van der Waals surface area contributed by atoms with Gasteiger partial charge >= 0.3 is 12.1 Å². The van der Waals surface area contributed by atoms with Crippen molar-refractivity contribution in [3.05, 3.63) is 29.3 Å². The zero-order valence-electron chi connectivity index (χ0n) is 8.77. The summed E-state index contributed by atoms with van der Waals surface area (Å²) in [6, 6.07) is 4.73. The molecule has 1 N–H and O–H groups in total. The highest BCUT2D eigenvalue weighted by Gasteiger charge is 2.25. The molecule has 1 aromatic carbocycles. The first-order valence-corrected chi connectivity index (χ1v) is 4.85. The van der Waals surface area contributed by atoms with Gasteiger partial charge in [-0.3, -0.25) is 4.90 Å². The number of anilines is 1. The quantitative estimate of drug-likeness (QED) is 0.780. The van der Waals surface area contributed by atoms with E-state index in [1.807, 2.05) is 0 Å². The minimum Gasteiger partial charge on any atom is -0.478 e. The second-order valence-corrected chi connectivity index (χ2v) is 3.52. The molecule has 84 valence electrons. The lowest BCUT2D eigenvalue weighted by Gasteiger charge is -2.15. The van der Waals surface area contributed by atoms with Crippen LogP contribution < -0.4 is 4.90 Å².